The molecule has 0 aromatic carbocycles. The van der Waals surface area contributed by atoms with E-state index in [0.29, 0.717) is 0 Å². The third-order valence-electron chi connectivity index (χ3n) is 3.25. The second kappa shape index (κ2) is 7.93. The van der Waals surface area contributed by atoms with Crippen LogP contribution in [0.15, 0.2) is 22.8 Å². The molecule has 0 spiro atoms. The first-order chi connectivity index (χ1) is 10.6. The van der Waals surface area contributed by atoms with Crippen LogP contribution in [-0.4, -0.2) is 46.3 Å². The van der Waals surface area contributed by atoms with Gasteiger partial charge in [-0.2, -0.15) is 5.10 Å². The summed E-state index contributed by atoms with van der Waals surface area (Å²) < 4.78 is 1.97. The maximum Gasteiger partial charge on any atom is 0.193 e. The Morgan fingerprint density at radius 3 is 2.86 bits per heavy atom. The molecule has 0 radical (unpaired) electrons. The van der Waals surface area contributed by atoms with Crippen molar-refractivity contribution in [1.82, 2.24) is 25.0 Å². The topological polar surface area (TPSA) is 58.3 Å². The molecule has 0 unspecified atom stereocenters. The molecule has 6 nitrogen and oxygen atoms in total. The predicted octanol–water partition coefficient (Wildman–Crippen LogP) is 2.05. The first kappa shape index (κ1) is 16.5. The van der Waals surface area contributed by atoms with Gasteiger partial charge in [-0.3, -0.25) is 9.67 Å². The molecule has 0 aliphatic carbocycles. The SMILES string of the molecule is CN=C(NCCCn1cc(C)cn1)N(C)Cc1csc(C)n1. The van der Waals surface area contributed by atoms with Crippen LogP contribution in [-0.2, 0) is 13.1 Å². The zero-order valence-corrected chi connectivity index (χ0v) is 14.5. The second-order valence-corrected chi connectivity index (χ2v) is 6.38. The maximum absolute atomic E-state index is 4.49. The van der Waals surface area contributed by atoms with E-state index in [1.165, 1.54) is 5.56 Å². The van der Waals surface area contributed by atoms with Crippen LogP contribution >= 0.6 is 11.3 Å². The molecule has 7 heteroatoms. The van der Waals surface area contributed by atoms with Crippen LogP contribution in [0.5, 0.6) is 0 Å². The molecule has 2 aromatic heterocycles. The Morgan fingerprint density at radius 2 is 2.27 bits per heavy atom. The number of hydrogen-bond acceptors (Lipinski definition) is 4. The smallest absolute Gasteiger partial charge is 0.193 e. The molecule has 2 aromatic rings. The summed E-state index contributed by atoms with van der Waals surface area (Å²) in [4.78, 5) is 10.9. The molecule has 0 saturated heterocycles. The summed E-state index contributed by atoms with van der Waals surface area (Å²) in [6.07, 6.45) is 4.95. The van der Waals surface area contributed by atoms with Gasteiger partial charge in [-0.05, 0) is 25.8 Å². The molecule has 0 atom stereocenters. The van der Waals surface area contributed by atoms with E-state index < -0.39 is 0 Å². The van der Waals surface area contributed by atoms with Crippen molar-refractivity contribution in [2.24, 2.45) is 4.99 Å². The van der Waals surface area contributed by atoms with E-state index >= 15 is 0 Å². The largest absolute Gasteiger partial charge is 0.356 e. The minimum atomic E-state index is 0.766. The first-order valence-corrected chi connectivity index (χ1v) is 8.28. The number of nitrogens with zero attached hydrogens (tertiary/aromatic N) is 5. The molecule has 0 amide bonds. The molecule has 0 fully saturated rings. The van der Waals surface area contributed by atoms with E-state index in [4.69, 9.17) is 0 Å². The van der Waals surface area contributed by atoms with Gasteiger partial charge in [0.25, 0.3) is 0 Å². The highest BCUT2D eigenvalue weighted by Crippen LogP contribution is 2.09. The standard InChI is InChI=1S/C15H24N6S/c1-12-8-18-21(9-12)7-5-6-17-15(16-3)20(4)10-14-11-22-13(2)19-14/h8-9,11H,5-7,10H2,1-4H3,(H,16,17). The number of guanidine groups is 1. The Bertz CT molecular complexity index is 615. The second-order valence-electron chi connectivity index (χ2n) is 5.32. The first-order valence-electron chi connectivity index (χ1n) is 7.40. The van der Waals surface area contributed by atoms with Gasteiger partial charge in [-0.25, -0.2) is 4.98 Å². The summed E-state index contributed by atoms with van der Waals surface area (Å²) in [6, 6.07) is 0. The minimum absolute atomic E-state index is 0.766. The van der Waals surface area contributed by atoms with E-state index in [1.54, 1.807) is 11.3 Å². The van der Waals surface area contributed by atoms with Crippen molar-refractivity contribution >= 4 is 17.3 Å². The highest BCUT2D eigenvalue weighted by atomic mass is 32.1. The average molecular weight is 320 g/mol. The lowest BCUT2D eigenvalue weighted by Gasteiger charge is -2.21. The Morgan fingerprint density at radius 1 is 1.45 bits per heavy atom. The Labute approximate surface area is 135 Å². The van der Waals surface area contributed by atoms with Crippen LogP contribution in [0.1, 0.15) is 22.7 Å². The fraction of sp³-hybridized carbons (Fsp3) is 0.533. The van der Waals surface area contributed by atoms with E-state index in [0.717, 1.165) is 42.7 Å². The van der Waals surface area contributed by atoms with Crippen LogP contribution in [0.2, 0.25) is 0 Å². The van der Waals surface area contributed by atoms with Crippen molar-refractivity contribution in [2.75, 3.05) is 20.6 Å². The van der Waals surface area contributed by atoms with Crippen molar-refractivity contribution in [1.29, 1.82) is 0 Å². The number of rotatable bonds is 6. The number of hydrogen-bond donors (Lipinski definition) is 1. The Hall–Kier alpha value is -1.89. The minimum Gasteiger partial charge on any atom is -0.356 e. The lowest BCUT2D eigenvalue weighted by molar-refractivity contribution is 0.466. The van der Waals surface area contributed by atoms with Gasteiger partial charge in [0.05, 0.1) is 23.4 Å². The van der Waals surface area contributed by atoms with Crippen LogP contribution in [0, 0.1) is 13.8 Å². The molecule has 1 N–H and O–H groups in total. The van der Waals surface area contributed by atoms with E-state index in [2.05, 4.69) is 43.8 Å². The van der Waals surface area contributed by atoms with Crippen LogP contribution < -0.4 is 5.32 Å². The molecule has 0 bridgehead atoms. The van der Waals surface area contributed by atoms with Crippen molar-refractivity contribution in [2.45, 2.75) is 33.4 Å². The Balaban J connectivity index is 1.74. The molecule has 0 saturated carbocycles. The summed E-state index contributed by atoms with van der Waals surface area (Å²) in [5.74, 6) is 0.891. The van der Waals surface area contributed by atoms with Crippen LogP contribution in [0.4, 0.5) is 0 Å². The molecule has 120 valence electrons. The number of aliphatic imine (C=N–C) groups is 1. The number of nitrogens with one attached hydrogen (secondary N) is 1. The van der Waals surface area contributed by atoms with Gasteiger partial charge in [0.1, 0.15) is 0 Å². The highest BCUT2D eigenvalue weighted by molar-refractivity contribution is 7.09. The summed E-state index contributed by atoms with van der Waals surface area (Å²) >= 11 is 1.68. The maximum atomic E-state index is 4.49. The lowest BCUT2D eigenvalue weighted by atomic mass is 10.4. The normalized spacial score (nSPS) is 11.7. The van der Waals surface area contributed by atoms with Crippen LogP contribution in [0.25, 0.3) is 0 Å². The zero-order valence-electron chi connectivity index (χ0n) is 13.7. The summed E-state index contributed by atoms with van der Waals surface area (Å²) in [7, 11) is 3.84. The predicted molar refractivity (Wildman–Crippen MR) is 91.3 cm³/mol. The van der Waals surface area contributed by atoms with E-state index in [9.17, 15) is 0 Å². The molecule has 0 aliphatic heterocycles. The summed E-state index contributed by atoms with van der Waals surface area (Å²) in [5.41, 5.74) is 2.28. The molecule has 2 heterocycles. The number of aromatic nitrogens is 3. The van der Waals surface area contributed by atoms with Gasteiger partial charge in [-0.1, -0.05) is 0 Å². The fourth-order valence-corrected chi connectivity index (χ4v) is 2.82. The average Bonchev–Trinajstić information content (AvgIpc) is 3.07. The number of aryl methyl sites for hydroxylation is 3. The molecular formula is C15H24N6S. The molecular weight excluding hydrogens is 296 g/mol. The van der Waals surface area contributed by atoms with Crippen LogP contribution in [0.3, 0.4) is 0 Å². The van der Waals surface area contributed by atoms with Gasteiger partial charge in [0.2, 0.25) is 0 Å². The van der Waals surface area contributed by atoms with E-state index in [1.807, 2.05) is 31.9 Å². The van der Waals surface area contributed by atoms with Gasteiger partial charge < -0.3 is 10.2 Å². The lowest BCUT2D eigenvalue weighted by Crippen LogP contribution is -2.39. The fourth-order valence-electron chi connectivity index (χ4n) is 2.21. The van der Waals surface area contributed by atoms with Gasteiger partial charge in [-0.15, -0.1) is 11.3 Å². The molecule has 2 rings (SSSR count). The van der Waals surface area contributed by atoms with Crippen molar-refractivity contribution < 1.29 is 0 Å². The summed E-state index contributed by atoms with van der Waals surface area (Å²) in [5, 5.41) is 10.9. The third-order valence-corrected chi connectivity index (χ3v) is 4.07. The quantitative estimate of drug-likeness (QED) is 0.503. The number of thiazole rings is 1. The monoisotopic (exact) mass is 320 g/mol. The van der Waals surface area contributed by atoms with Gasteiger partial charge in [0, 0.05) is 38.8 Å². The van der Waals surface area contributed by atoms with Gasteiger partial charge in [0.15, 0.2) is 5.96 Å². The molecule has 0 aliphatic rings. The van der Waals surface area contributed by atoms with Crippen molar-refractivity contribution in [3.63, 3.8) is 0 Å². The molecule has 22 heavy (non-hydrogen) atoms. The third kappa shape index (κ3) is 4.84. The van der Waals surface area contributed by atoms with Crippen molar-refractivity contribution in [3.8, 4) is 0 Å². The zero-order chi connectivity index (χ0) is 15.9. The van der Waals surface area contributed by atoms with E-state index in [-0.39, 0.29) is 0 Å². The Kier molecular flexibility index (Phi) is 5.94. The van der Waals surface area contributed by atoms with Crippen molar-refractivity contribution in [3.05, 3.63) is 34.0 Å². The van der Waals surface area contributed by atoms with Gasteiger partial charge >= 0.3 is 0 Å². The highest BCUT2D eigenvalue weighted by Gasteiger charge is 2.08. The summed E-state index contributed by atoms with van der Waals surface area (Å²) in [6.45, 7) is 6.62.